The molecule has 0 atom stereocenters. The third-order valence-electron chi connectivity index (χ3n) is 5.17. The van der Waals surface area contributed by atoms with E-state index in [0.717, 1.165) is 9.60 Å². The first-order valence-electron chi connectivity index (χ1n) is 9.81. The molecule has 0 fully saturated rings. The van der Waals surface area contributed by atoms with Crippen molar-refractivity contribution in [3.63, 3.8) is 0 Å². The minimum Gasteiger partial charge on any atom is -0.285 e. The predicted octanol–water partition coefficient (Wildman–Crippen LogP) is 3.48. The Morgan fingerprint density at radius 3 is 2.44 bits per heavy atom. The fourth-order valence-corrected chi connectivity index (χ4v) is 4.89. The molecule has 5 rings (SSSR count). The maximum absolute atomic E-state index is 13.3. The van der Waals surface area contributed by atoms with E-state index in [1.165, 1.54) is 16.2 Å². The molecule has 1 aliphatic rings. The average Bonchev–Trinajstić information content (AvgIpc) is 3.51. The number of benzene rings is 2. The normalized spacial score (nSPS) is 13.1. The van der Waals surface area contributed by atoms with E-state index in [0.29, 0.717) is 33.3 Å². The fourth-order valence-electron chi connectivity index (χ4n) is 3.58. The smallest absolute Gasteiger partial charge is 0.262 e. The maximum atomic E-state index is 13.3. The van der Waals surface area contributed by atoms with Gasteiger partial charge in [0.05, 0.1) is 27.4 Å². The predicted molar refractivity (Wildman–Crippen MR) is 121 cm³/mol. The SMILES string of the molecule is O=C1c2ccccc2C(=O)N1CC(=O)N(CCn1cccn1)c1nc2c(Cl)cccc2s1. The summed E-state index contributed by atoms with van der Waals surface area (Å²) in [5, 5.41) is 5.11. The zero-order valence-corrected chi connectivity index (χ0v) is 18.2. The van der Waals surface area contributed by atoms with Crippen molar-refractivity contribution in [3.05, 3.63) is 77.1 Å². The van der Waals surface area contributed by atoms with E-state index in [-0.39, 0.29) is 13.1 Å². The summed E-state index contributed by atoms with van der Waals surface area (Å²) in [7, 11) is 0. The van der Waals surface area contributed by atoms with Crippen molar-refractivity contribution in [2.45, 2.75) is 6.54 Å². The maximum Gasteiger partial charge on any atom is 0.262 e. The molecule has 3 heterocycles. The van der Waals surface area contributed by atoms with Crippen molar-refractivity contribution in [3.8, 4) is 0 Å². The zero-order chi connectivity index (χ0) is 22.2. The van der Waals surface area contributed by atoms with Crippen molar-refractivity contribution in [1.29, 1.82) is 0 Å². The molecule has 1 aliphatic heterocycles. The number of imide groups is 1. The number of carbonyl (C=O) groups excluding carboxylic acids is 3. The van der Waals surface area contributed by atoms with Crippen molar-refractivity contribution < 1.29 is 14.4 Å². The van der Waals surface area contributed by atoms with Crippen LogP contribution < -0.4 is 4.90 Å². The van der Waals surface area contributed by atoms with Crippen molar-refractivity contribution in [2.75, 3.05) is 18.0 Å². The lowest BCUT2D eigenvalue weighted by atomic mass is 10.1. The summed E-state index contributed by atoms with van der Waals surface area (Å²) in [6.07, 6.45) is 3.45. The lowest BCUT2D eigenvalue weighted by molar-refractivity contribution is -0.119. The Morgan fingerprint density at radius 2 is 1.78 bits per heavy atom. The highest BCUT2D eigenvalue weighted by atomic mass is 35.5. The standard InChI is InChI=1S/C22H16ClN5O3S/c23-16-7-3-8-17-19(16)25-22(32-17)27(12-11-26-10-4-9-24-26)18(29)13-28-20(30)14-5-1-2-6-15(14)21(28)31/h1-10H,11-13H2. The van der Waals surface area contributed by atoms with Crippen LogP contribution in [0.5, 0.6) is 0 Å². The summed E-state index contributed by atoms with van der Waals surface area (Å²) < 4.78 is 2.54. The van der Waals surface area contributed by atoms with Crippen LogP contribution in [0.15, 0.2) is 60.9 Å². The second-order valence-corrected chi connectivity index (χ2v) is 8.56. The first-order valence-corrected chi connectivity index (χ1v) is 11.0. The number of hydrogen-bond donors (Lipinski definition) is 0. The lowest BCUT2D eigenvalue weighted by Crippen LogP contribution is -2.44. The Bertz CT molecular complexity index is 1320. The number of nitrogens with zero attached hydrogens (tertiary/aromatic N) is 5. The number of halogens is 1. The minimum atomic E-state index is -0.474. The van der Waals surface area contributed by atoms with E-state index in [1.807, 2.05) is 12.1 Å². The van der Waals surface area contributed by atoms with E-state index in [4.69, 9.17) is 11.6 Å². The molecule has 32 heavy (non-hydrogen) atoms. The van der Waals surface area contributed by atoms with E-state index in [2.05, 4.69) is 10.1 Å². The van der Waals surface area contributed by atoms with Crippen LogP contribution in [0.2, 0.25) is 5.02 Å². The number of hydrogen-bond acceptors (Lipinski definition) is 6. The van der Waals surface area contributed by atoms with Crippen molar-refractivity contribution in [1.82, 2.24) is 19.7 Å². The van der Waals surface area contributed by atoms with E-state index in [9.17, 15) is 14.4 Å². The van der Waals surface area contributed by atoms with Gasteiger partial charge in [-0.25, -0.2) is 4.98 Å². The van der Waals surface area contributed by atoms with E-state index < -0.39 is 17.7 Å². The van der Waals surface area contributed by atoms with Gasteiger partial charge in [0.2, 0.25) is 5.91 Å². The number of thiazole rings is 1. The van der Waals surface area contributed by atoms with Gasteiger partial charge in [-0.15, -0.1) is 0 Å². The molecule has 0 spiro atoms. The molecule has 10 heteroatoms. The van der Waals surface area contributed by atoms with Crippen LogP contribution in [0.3, 0.4) is 0 Å². The Hall–Kier alpha value is -3.56. The third kappa shape index (κ3) is 3.55. The van der Waals surface area contributed by atoms with Gasteiger partial charge in [0.15, 0.2) is 5.13 Å². The molecule has 0 aliphatic carbocycles. The van der Waals surface area contributed by atoms with Crippen LogP contribution in [0.4, 0.5) is 5.13 Å². The van der Waals surface area contributed by atoms with Gasteiger partial charge < -0.3 is 0 Å². The Morgan fingerprint density at radius 1 is 1.03 bits per heavy atom. The van der Waals surface area contributed by atoms with Gasteiger partial charge in [0, 0.05) is 18.9 Å². The molecule has 0 radical (unpaired) electrons. The van der Waals surface area contributed by atoms with Crippen LogP contribution in [0, 0.1) is 0 Å². The summed E-state index contributed by atoms with van der Waals surface area (Å²) >= 11 is 7.59. The van der Waals surface area contributed by atoms with Gasteiger partial charge in [-0.1, -0.05) is 41.1 Å². The highest BCUT2D eigenvalue weighted by molar-refractivity contribution is 7.22. The molecule has 2 aromatic heterocycles. The number of rotatable bonds is 6. The average molecular weight is 466 g/mol. The summed E-state index contributed by atoms with van der Waals surface area (Å²) in [5.41, 5.74) is 1.21. The van der Waals surface area contributed by atoms with Gasteiger partial charge in [0.1, 0.15) is 12.1 Å². The molecule has 0 saturated carbocycles. The topological polar surface area (TPSA) is 88.4 Å². The summed E-state index contributed by atoms with van der Waals surface area (Å²) in [4.78, 5) is 45.8. The molecule has 8 nitrogen and oxygen atoms in total. The van der Waals surface area contributed by atoms with Gasteiger partial charge in [0.25, 0.3) is 11.8 Å². The molecule has 0 bridgehead atoms. The monoisotopic (exact) mass is 465 g/mol. The lowest BCUT2D eigenvalue weighted by Gasteiger charge is -2.22. The second-order valence-electron chi connectivity index (χ2n) is 7.14. The molecule has 0 unspecified atom stereocenters. The highest BCUT2D eigenvalue weighted by Crippen LogP contribution is 2.33. The quantitative estimate of drug-likeness (QED) is 0.407. The number of anilines is 1. The highest BCUT2D eigenvalue weighted by Gasteiger charge is 2.37. The van der Waals surface area contributed by atoms with Crippen molar-refractivity contribution in [2.24, 2.45) is 0 Å². The molecule has 3 amide bonds. The van der Waals surface area contributed by atoms with Gasteiger partial charge in [-0.3, -0.25) is 28.9 Å². The summed E-state index contributed by atoms with van der Waals surface area (Å²) in [5.74, 6) is -1.36. The van der Waals surface area contributed by atoms with Crippen LogP contribution in [-0.2, 0) is 11.3 Å². The number of fused-ring (bicyclic) bond motifs is 2. The Labute approximate surface area is 191 Å². The second kappa shape index (κ2) is 8.18. The summed E-state index contributed by atoms with van der Waals surface area (Å²) in [6, 6.07) is 13.8. The molecule has 4 aromatic rings. The Kier molecular flexibility index (Phi) is 5.20. The number of para-hydroxylation sites is 1. The summed E-state index contributed by atoms with van der Waals surface area (Å²) in [6.45, 7) is 0.306. The largest absolute Gasteiger partial charge is 0.285 e. The fraction of sp³-hybridized carbons (Fsp3) is 0.136. The minimum absolute atomic E-state index is 0.265. The molecular weight excluding hydrogens is 450 g/mol. The number of aromatic nitrogens is 3. The molecule has 160 valence electrons. The molecule has 0 N–H and O–H groups in total. The van der Waals surface area contributed by atoms with Crippen molar-refractivity contribution >= 4 is 56.0 Å². The third-order valence-corrected chi connectivity index (χ3v) is 6.52. The van der Waals surface area contributed by atoms with Crippen LogP contribution in [0.1, 0.15) is 20.7 Å². The van der Waals surface area contributed by atoms with E-state index in [1.54, 1.807) is 53.5 Å². The van der Waals surface area contributed by atoms with Crippen LogP contribution in [0.25, 0.3) is 10.2 Å². The van der Waals surface area contributed by atoms with Gasteiger partial charge in [-0.05, 0) is 30.3 Å². The Balaban J connectivity index is 1.44. The zero-order valence-electron chi connectivity index (χ0n) is 16.6. The van der Waals surface area contributed by atoms with Gasteiger partial charge in [-0.2, -0.15) is 5.10 Å². The molecule has 0 saturated heterocycles. The first kappa shape index (κ1) is 20.3. The number of amides is 3. The van der Waals surface area contributed by atoms with Crippen LogP contribution >= 0.6 is 22.9 Å². The first-order chi connectivity index (χ1) is 15.5. The van der Waals surface area contributed by atoms with Crippen LogP contribution in [-0.4, -0.2) is 50.5 Å². The number of carbonyl (C=O) groups is 3. The van der Waals surface area contributed by atoms with Gasteiger partial charge >= 0.3 is 0 Å². The molecule has 2 aromatic carbocycles. The molecular formula is C22H16ClN5O3S. The van der Waals surface area contributed by atoms with E-state index >= 15 is 0 Å².